The Bertz CT molecular complexity index is 388. The number of esters is 1. The molecular weight excluding hydrogens is 272 g/mol. The van der Waals surface area contributed by atoms with Gasteiger partial charge in [0.25, 0.3) is 0 Å². The molecule has 1 aromatic rings. The summed E-state index contributed by atoms with van der Waals surface area (Å²) >= 11 is 0. The minimum absolute atomic E-state index is 0.320. The van der Waals surface area contributed by atoms with Crippen LogP contribution < -0.4 is 4.74 Å². The van der Waals surface area contributed by atoms with Crippen LogP contribution in [0.5, 0.6) is 5.75 Å². The lowest BCUT2D eigenvalue weighted by Gasteiger charge is -2.08. The summed E-state index contributed by atoms with van der Waals surface area (Å²) in [6.45, 7) is 7.16. The summed E-state index contributed by atoms with van der Waals surface area (Å²) < 4.78 is 21.1. The molecule has 0 aliphatic heterocycles. The maximum Gasteiger partial charge on any atom is 0.338 e. The lowest BCUT2D eigenvalue weighted by Crippen LogP contribution is -2.11. The van der Waals surface area contributed by atoms with Crippen LogP contribution in [0.25, 0.3) is 0 Å². The molecule has 0 N–H and O–H groups in total. The number of hydrogen-bond acceptors (Lipinski definition) is 5. The van der Waals surface area contributed by atoms with Crippen LogP contribution in [0.1, 0.15) is 30.6 Å². The normalized spacial score (nSPS) is 10.4. The first-order chi connectivity index (χ1) is 10.3. The summed E-state index contributed by atoms with van der Waals surface area (Å²) in [6.07, 6.45) is 1.02. The molecule has 0 bridgehead atoms. The molecule has 0 amide bonds. The summed E-state index contributed by atoms with van der Waals surface area (Å²) in [7, 11) is 0. The van der Waals surface area contributed by atoms with E-state index in [0.29, 0.717) is 44.3 Å². The molecule has 21 heavy (non-hydrogen) atoms. The molecular formula is C16H24O5. The Labute approximate surface area is 126 Å². The maximum absolute atomic E-state index is 11.5. The predicted molar refractivity (Wildman–Crippen MR) is 79.8 cm³/mol. The second-order valence-corrected chi connectivity index (χ2v) is 4.32. The van der Waals surface area contributed by atoms with Crippen LogP contribution in [0.4, 0.5) is 0 Å². The van der Waals surface area contributed by atoms with Gasteiger partial charge in [0.1, 0.15) is 12.4 Å². The van der Waals surface area contributed by atoms with Crippen LogP contribution in [0, 0.1) is 0 Å². The van der Waals surface area contributed by atoms with Crippen LogP contribution in [0.2, 0.25) is 0 Å². The molecule has 0 aromatic heterocycles. The predicted octanol–water partition coefficient (Wildman–Crippen LogP) is 2.69. The molecule has 0 saturated carbocycles. The fourth-order valence-electron chi connectivity index (χ4n) is 1.59. The minimum Gasteiger partial charge on any atom is -0.491 e. The van der Waals surface area contributed by atoms with Gasteiger partial charge in [0, 0.05) is 6.61 Å². The van der Waals surface area contributed by atoms with Crippen molar-refractivity contribution >= 4 is 5.97 Å². The van der Waals surface area contributed by atoms with Gasteiger partial charge in [-0.1, -0.05) is 6.92 Å². The van der Waals surface area contributed by atoms with Crippen molar-refractivity contribution in [3.63, 3.8) is 0 Å². The second kappa shape index (κ2) is 11.1. The molecule has 0 spiro atoms. The van der Waals surface area contributed by atoms with E-state index in [-0.39, 0.29) is 5.97 Å². The third kappa shape index (κ3) is 7.68. The highest BCUT2D eigenvalue weighted by Gasteiger charge is 2.05. The highest BCUT2D eigenvalue weighted by molar-refractivity contribution is 5.89. The molecule has 0 aliphatic carbocycles. The van der Waals surface area contributed by atoms with Gasteiger partial charge >= 0.3 is 5.97 Å². The van der Waals surface area contributed by atoms with E-state index in [1.54, 1.807) is 31.2 Å². The topological polar surface area (TPSA) is 54.0 Å². The van der Waals surface area contributed by atoms with Gasteiger partial charge in [-0.05, 0) is 37.6 Å². The number of carbonyl (C=O) groups is 1. The Morgan fingerprint density at radius 1 is 0.905 bits per heavy atom. The molecule has 118 valence electrons. The SMILES string of the molecule is CCCOCCOCCOc1ccc(C(=O)OCC)cc1. The first kappa shape index (κ1) is 17.5. The van der Waals surface area contributed by atoms with Crippen molar-refractivity contribution < 1.29 is 23.7 Å². The van der Waals surface area contributed by atoms with Crippen molar-refractivity contribution in [1.82, 2.24) is 0 Å². The summed E-state index contributed by atoms with van der Waals surface area (Å²) in [4.78, 5) is 11.5. The van der Waals surface area contributed by atoms with Gasteiger partial charge in [0.05, 0.1) is 32.0 Å². The van der Waals surface area contributed by atoms with Gasteiger partial charge in [-0.15, -0.1) is 0 Å². The third-order valence-electron chi connectivity index (χ3n) is 2.58. The second-order valence-electron chi connectivity index (χ2n) is 4.32. The van der Waals surface area contributed by atoms with E-state index in [1.807, 2.05) is 0 Å². The van der Waals surface area contributed by atoms with Gasteiger partial charge in [0.15, 0.2) is 0 Å². The molecule has 0 aliphatic rings. The number of carbonyl (C=O) groups excluding carboxylic acids is 1. The molecule has 0 radical (unpaired) electrons. The number of ether oxygens (including phenoxy) is 4. The van der Waals surface area contributed by atoms with Gasteiger partial charge in [-0.3, -0.25) is 0 Å². The summed E-state index contributed by atoms with van der Waals surface area (Å²) in [5.41, 5.74) is 0.522. The third-order valence-corrected chi connectivity index (χ3v) is 2.58. The summed E-state index contributed by atoms with van der Waals surface area (Å²) in [5, 5.41) is 0. The van der Waals surface area contributed by atoms with E-state index in [4.69, 9.17) is 18.9 Å². The van der Waals surface area contributed by atoms with E-state index < -0.39 is 0 Å². The quantitative estimate of drug-likeness (QED) is 0.464. The Morgan fingerprint density at radius 3 is 2.14 bits per heavy atom. The zero-order valence-electron chi connectivity index (χ0n) is 12.8. The van der Waals surface area contributed by atoms with Gasteiger partial charge in [0.2, 0.25) is 0 Å². The van der Waals surface area contributed by atoms with Crippen molar-refractivity contribution in [1.29, 1.82) is 0 Å². The van der Waals surface area contributed by atoms with Crippen LogP contribution in [0.3, 0.4) is 0 Å². The molecule has 5 nitrogen and oxygen atoms in total. The molecule has 1 rings (SSSR count). The van der Waals surface area contributed by atoms with Gasteiger partial charge in [-0.2, -0.15) is 0 Å². The van der Waals surface area contributed by atoms with Gasteiger partial charge < -0.3 is 18.9 Å². The Kier molecular flexibility index (Phi) is 9.24. The Hall–Kier alpha value is -1.59. The average molecular weight is 296 g/mol. The Morgan fingerprint density at radius 2 is 1.52 bits per heavy atom. The molecule has 1 aromatic carbocycles. The number of benzene rings is 1. The highest BCUT2D eigenvalue weighted by Crippen LogP contribution is 2.12. The number of rotatable bonds is 11. The largest absolute Gasteiger partial charge is 0.491 e. The van der Waals surface area contributed by atoms with E-state index in [9.17, 15) is 4.79 Å². The van der Waals surface area contributed by atoms with E-state index in [2.05, 4.69) is 6.92 Å². The van der Waals surface area contributed by atoms with Crippen LogP contribution in [-0.4, -0.2) is 45.6 Å². The average Bonchev–Trinajstić information content (AvgIpc) is 2.51. The number of hydrogen-bond donors (Lipinski definition) is 0. The highest BCUT2D eigenvalue weighted by atomic mass is 16.5. The first-order valence-electron chi connectivity index (χ1n) is 7.33. The molecule has 0 heterocycles. The first-order valence-corrected chi connectivity index (χ1v) is 7.33. The minimum atomic E-state index is -0.320. The molecule has 0 atom stereocenters. The Balaban J connectivity index is 2.14. The van der Waals surface area contributed by atoms with E-state index in [1.165, 1.54) is 0 Å². The lowest BCUT2D eigenvalue weighted by atomic mass is 10.2. The standard InChI is InChI=1S/C16H24O5/c1-3-9-18-10-11-19-12-13-21-15-7-5-14(6-8-15)16(17)20-4-2/h5-8H,3-4,9-13H2,1-2H3. The smallest absolute Gasteiger partial charge is 0.338 e. The molecule has 5 heteroatoms. The van der Waals surface area contributed by atoms with Crippen molar-refractivity contribution in [3.05, 3.63) is 29.8 Å². The molecule has 0 fully saturated rings. The van der Waals surface area contributed by atoms with E-state index >= 15 is 0 Å². The summed E-state index contributed by atoms with van der Waals surface area (Å²) in [6, 6.07) is 6.87. The maximum atomic E-state index is 11.5. The lowest BCUT2D eigenvalue weighted by molar-refractivity contribution is 0.0366. The zero-order chi connectivity index (χ0) is 15.3. The molecule has 0 saturated heterocycles. The van der Waals surface area contributed by atoms with Crippen LogP contribution >= 0.6 is 0 Å². The monoisotopic (exact) mass is 296 g/mol. The zero-order valence-corrected chi connectivity index (χ0v) is 12.8. The van der Waals surface area contributed by atoms with Crippen molar-refractivity contribution in [2.24, 2.45) is 0 Å². The van der Waals surface area contributed by atoms with E-state index in [0.717, 1.165) is 13.0 Å². The molecule has 0 unspecified atom stereocenters. The summed E-state index contributed by atoms with van der Waals surface area (Å²) in [5.74, 6) is 0.383. The fraction of sp³-hybridized carbons (Fsp3) is 0.562. The fourth-order valence-corrected chi connectivity index (χ4v) is 1.59. The van der Waals surface area contributed by atoms with Crippen molar-refractivity contribution in [3.8, 4) is 5.75 Å². The van der Waals surface area contributed by atoms with Crippen molar-refractivity contribution in [2.75, 3.05) is 39.6 Å². The van der Waals surface area contributed by atoms with Gasteiger partial charge in [-0.25, -0.2) is 4.79 Å². The van der Waals surface area contributed by atoms with Crippen LogP contribution in [0.15, 0.2) is 24.3 Å². The van der Waals surface area contributed by atoms with Crippen LogP contribution in [-0.2, 0) is 14.2 Å². The van der Waals surface area contributed by atoms with Crippen molar-refractivity contribution in [2.45, 2.75) is 20.3 Å².